The van der Waals surface area contributed by atoms with Gasteiger partial charge >= 0.3 is 0 Å². The van der Waals surface area contributed by atoms with Crippen molar-refractivity contribution in [1.82, 2.24) is 4.90 Å². The van der Waals surface area contributed by atoms with Gasteiger partial charge in [0.2, 0.25) is 5.91 Å². The van der Waals surface area contributed by atoms with Gasteiger partial charge in [-0.3, -0.25) is 4.79 Å². The number of rotatable bonds is 5. The lowest BCUT2D eigenvalue weighted by Crippen LogP contribution is -2.24. The molecule has 0 bridgehead atoms. The molecular formula is C11H23NO. The highest BCUT2D eigenvalue weighted by Gasteiger charge is 2.14. The van der Waals surface area contributed by atoms with Crippen molar-refractivity contribution in [2.75, 3.05) is 14.1 Å². The lowest BCUT2D eigenvalue weighted by molar-refractivity contribution is -0.129. The van der Waals surface area contributed by atoms with Crippen LogP contribution in [0.2, 0.25) is 0 Å². The molecule has 0 rings (SSSR count). The van der Waals surface area contributed by atoms with Gasteiger partial charge in [-0.1, -0.05) is 27.2 Å². The molecule has 0 aromatic carbocycles. The Morgan fingerprint density at radius 3 is 2.15 bits per heavy atom. The fourth-order valence-corrected chi connectivity index (χ4v) is 1.49. The van der Waals surface area contributed by atoms with Gasteiger partial charge in [0.15, 0.2) is 0 Å². The molecule has 1 unspecified atom stereocenters. The van der Waals surface area contributed by atoms with E-state index in [2.05, 4.69) is 20.8 Å². The van der Waals surface area contributed by atoms with Gasteiger partial charge in [0, 0.05) is 20.5 Å². The van der Waals surface area contributed by atoms with Gasteiger partial charge < -0.3 is 4.90 Å². The van der Waals surface area contributed by atoms with Gasteiger partial charge in [0.1, 0.15) is 0 Å². The zero-order chi connectivity index (χ0) is 10.4. The van der Waals surface area contributed by atoms with Crippen molar-refractivity contribution in [3.8, 4) is 0 Å². The van der Waals surface area contributed by atoms with E-state index in [0.29, 0.717) is 18.3 Å². The van der Waals surface area contributed by atoms with Crippen LogP contribution in [0.15, 0.2) is 0 Å². The van der Waals surface area contributed by atoms with Crippen molar-refractivity contribution in [2.45, 2.75) is 40.0 Å². The first-order valence-electron chi connectivity index (χ1n) is 5.17. The zero-order valence-corrected chi connectivity index (χ0v) is 9.63. The average molecular weight is 185 g/mol. The summed E-state index contributed by atoms with van der Waals surface area (Å²) >= 11 is 0. The summed E-state index contributed by atoms with van der Waals surface area (Å²) in [7, 11) is 3.65. The van der Waals surface area contributed by atoms with Crippen molar-refractivity contribution in [3.63, 3.8) is 0 Å². The van der Waals surface area contributed by atoms with E-state index in [-0.39, 0.29) is 5.91 Å². The predicted octanol–water partition coefficient (Wildman–Crippen LogP) is 2.54. The molecule has 0 aliphatic heterocycles. The minimum Gasteiger partial charge on any atom is -0.349 e. The summed E-state index contributed by atoms with van der Waals surface area (Å²) in [5.74, 6) is 1.52. The van der Waals surface area contributed by atoms with E-state index >= 15 is 0 Å². The summed E-state index contributed by atoms with van der Waals surface area (Å²) in [6.07, 6.45) is 2.98. The third kappa shape index (κ3) is 5.67. The molecule has 0 heterocycles. The molecule has 2 nitrogen and oxygen atoms in total. The van der Waals surface area contributed by atoms with Gasteiger partial charge in [-0.05, 0) is 18.3 Å². The first kappa shape index (κ1) is 12.5. The molecule has 0 aromatic rings. The lowest BCUT2D eigenvalue weighted by atomic mass is 9.91. The molecule has 0 radical (unpaired) electrons. The fraction of sp³-hybridized carbons (Fsp3) is 0.909. The Kier molecular flexibility index (Phi) is 5.76. The molecular weight excluding hydrogens is 162 g/mol. The Labute approximate surface area is 82.3 Å². The maximum atomic E-state index is 11.4. The first-order valence-corrected chi connectivity index (χ1v) is 5.17. The highest BCUT2D eigenvalue weighted by atomic mass is 16.2. The average Bonchev–Trinajstić information content (AvgIpc) is 2.02. The monoisotopic (exact) mass is 185 g/mol. The van der Waals surface area contributed by atoms with Crippen LogP contribution in [0.3, 0.4) is 0 Å². The van der Waals surface area contributed by atoms with Crippen LogP contribution in [0.25, 0.3) is 0 Å². The van der Waals surface area contributed by atoms with Crippen molar-refractivity contribution in [2.24, 2.45) is 11.8 Å². The van der Waals surface area contributed by atoms with Gasteiger partial charge in [-0.25, -0.2) is 0 Å². The summed E-state index contributed by atoms with van der Waals surface area (Å²) in [6, 6.07) is 0. The smallest absolute Gasteiger partial charge is 0.222 e. The van der Waals surface area contributed by atoms with Crippen LogP contribution in [-0.2, 0) is 4.79 Å². The van der Waals surface area contributed by atoms with E-state index in [0.717, 1.165) is 12.8 Å². The van der Waals surface area contributed by atoms with Crippen LogP contribution < -0.4 is 0 Å². The largest absolute Gasteiger partial charge is 0.349 e. The van der Waals surface area contributed by atoms with E-state index in [1.807, 2.05) is 14.1 Å². The molecule has 13 heavy (non-hydrogen) atoms. The summed E-state index contributed by atoms with van der Waals surface area (Å²) in [5.41, 5.74) is 0. The van der Waals surface area contributed by atoms with Gasteiger partial charge in [0.05, 0.1) is 0 Å². The third-order valence-corrected chi connectivity index (χ3v) is 2.34. The van der Waals surface area contributed by atoms with E-state index in [9.17, 15) is 4.79 Å². The maximum absolute atomic E-state index is 11.4. The Balaban J connectivity index is 3.90. The number of hydrogen-bond acceptors (Lipinski definition) is 1. The van der Waals surface area contributed by atoms with Gasteiger partial charge in [-0.2, -0.15) is 0 Å². The second-order valence-electron chi connectivity index (χ2n) is 4.40. The summed E-state index contributed by atoms with van der Waals surface area (Å²) in [5, 5.41) is 0. The van der Waals surface area contributed by atoms with Crippen LogP contribution in [0.4, 0.5) is 0 Å². The van der Waals surface area contributed by atoms with Crippen molar-refractivity contribution < 1.29 is 4.79 Å². The van der Waals surface area contributed by atoms with E-state index in [1.54, 1.807) is 4.90 Å². The minimum atomic E-state index is 0.257. The van der Waals surface area contributed by atoms with Crippen molar-refractivity contribution in [3.05, 3.63) is 0 Å². The molecule has 0 spiro atoms. The number of carbonyl (C=O) groups excluding carboxylic acids is 1. The third-order valence-electron chi connectivity index (χ3n) is 2.34. The van der Waals surface area contributed by atoms with Crippen LogP contribution in [0, 0.1) is 11.8 Å². The van der Waals surface area contributed by atoms with Crippen LogP contribution in [0.1, 0.15) is 40.0 Å². The second-order valence-corrected chi connectivity index (χ2v) is 4.40. The van der Waals surface area contributed by atoms with Gasteiger partial charge in [0.25, 0.3) is 0 Å². The predicted molar refractivity (Wildman–Crippen MR) is 56.5 cm³/mol. The number of nitrogens with zero attached hydrogens (tertiary/aromatic N) is 1. The standard InChI is InChI=1S/C11H23NO/c1-6-10(7-9(2)3)8-11(13)12(4)5/h9-10H,6-8H2,1-5H3. The Morgan fingerprint density at radius 2 is 1.85 bits per heavy atom. The Bertz CT molecular complexity index is 152. The Hall–Kier alpha value is -0.530. The van der Waals surface area contributed by atoms with Gasteiger partial charge in [-0.15, -0.1) is 0 Å². The zero-order valence-electron chi connectivity index (χ0n) is 9.63. The number of carbonyl (C=O) groups is 1. The number of amides is 1. The fourth-order valence-electron chi connectivity index (χ4n) is 1.49. The molecule has 1 amide bonds. The highest BCUT2D eigenvalue weighted by Crippen LogP contribution is 2.19. The van der Waals surface area contributed by atoms with Crippen LogP contribution in [0.5, 0.6) is 0 Å². The molecule has 0 saturated carbocycles. The van der Waals surface area contributed by atoms with E-state index in [1.165, 1.54) is 0 Å². The minimum absolute atomic E-state index is 0.257. The molecule has 2 heteroatoms. The molecule has 0 fully saturated rings. The second kappa shape index (κ2) is 6.01. The quantitative estimate of drug-likeness (QED) is 0.644. The Morgan fingerprint density at radius 1 is 1.31 bits per heavy atom. The SMILES string of the molecule is CCC(CC(=O)N(C)C)CC(C)C. The molecule has 0 saturated heterocycles. The summed E-state index contributed by atoms with van der Waals surface area (Å²) in [6.45, 7) is 6.58. The summed E-state index contributed by atoms with van der Waals surface area (Å²) < 4.78 is 0. The molecule has 0 aromatic heterocycles. The topological polar surface area (TPSA) is 20.3 Å². The van der Waals surface area contributed by atoms with E-state index in [4.69, 9.17) is 0 Å². The van der Waals surface area contributed by atoms with Crippen molar-refractivity contribution >= 4 is 5.91 Å². The van der Waals surface area contributed by atoms with Crippen LogP contribution >= 0.6 is 0 Å². The maximum Gasteiger partial charge on any atom is 0.222 e. The first-order chi connectivity index (χ1) is 5.97. The molecule has 0 aliphatic carbocycles. The molecule has 78 valence electrons. The number of hydrogen-bond donors (Lipinski definition) is 0. The molecule has 1 atom stereocenters. The van der Waals surface area contributed by atoms with E-state index < -0.39 is 0 Å². The molecule has 0 aliphatic rings. The lowest BCUT2D eigenvalue weighted by Gasteiger charge is -2.18. The molecule has 0 N–H and O–H groups in total. The van der Waals surface area contributed by atoms with Crippen molar-refractivity contribution in [1.29, 1.82) is 0 Å². The summed E-state index contributed by atoms with van der Waals surface area (Å²) in [4.78, 5) is 13.1. The normalized spacial score (nSPS) is 13.1. The van der Waals surface area contributed by atoms with Crippen LogP contribution in [-0.4, -0.2) is 24.9 Å². The highest BCUT2D eigenvalue weighted by molar-refractivity contribution is 5.75.